The van der Waals surface area contributed by atoms with E-state index in [0.717, 1.165) is 22.6 Å². The molecule has 18 heavy (non-hydrogen) atoms. The van der Waals surface area contributed by atoms with Gasteiger partial charge < -0.3 is 9.84 Å². The van der Waals surface area contributed by atoms with Gasteiger partial charge in [0.15, 0.2) is 0 Å². The van der Waals surface area contributed by atoms with Crippen molar-refractivity contribution in [3.63, 3.8) is 0 Å². The van der Waals surface area contributed by atoms with Crippen molar-refractivity contribution >= 4 is 11.6 Å². The third-order valence-electron chi connectivity index (χ3n) is 2.60. The fraction of sp³-hybridized carbons (Fsp3) is 0.214. The summed E-state index contributed by atoms with van der Waals surface area (Å²) in [6, 6.07) is 8.96. The molecule has 1 N–H and O–H groups in total. The van der Waals surface area contributed by atoms with E-state index in [2.05, 4.69) is 4.98 Å². The normalized spacial score (nSPS) is 10.4. The van der Waals surface area contributed by atoms with Gasteiger partial charge in [-0.25, -0.2) is 4.98 Å². The second kappa shape index (κ2) is 5.85. The Morgan fingerprint density at radius 2 is 2.11 bits per heavy atom. The molecule has 3 nitrogen and oxygen atoms in total. The van der Waals surface area contributed by atoms with Crippen molar-refractivity contribution < 1.29 is 9.84 Å². The van der Waals surface area contributed by atoms with Crippen molar-refractivity contribution in [3.8, 4) is 11.6 Å². The SMILES string of the molecule is CCc1cc(Oc2cc(CO)ccn2)ccc1Cl. The largest absolute Gasteiger partial charge is 0.439 e. The number of nitrogens with zero attached hydrogens (tertiary/aromatic N) is 1. The zero-order chi connectivity index (χ0) is 13.0. The van der Waals surface area contributed by atoms with E-state index >= 15 is 0 Å². The fourth-order valence-electron chi connectivity index (χ4n) is 1.61. The number of benzene rings is 1. The average Bonchev–Trinajstić information content (AvgIpc) is 2.41. The van der Waals surface area contributed by atoms with Crippen LogP contribution in [0.25, 0.3) is 0 Å². The van der Waals surface area contributed by atoms with Crippen molar-refractivity contribution in [1.82, 2.24) is 4.98 Å². The molecule has 0 atom stereocenters. The summed E-state index contributed by atoms with van der Waals surface area (Å²) in [7, 11) is 0. The Bertz CT molecular complexity index is 543. The molecule has 1 heterocycles. The van der Waals surface area contributed by atoms with Crippen LogP contribution >= 0.6 is 11.6 Å². The van der Waals surface area contributed by atoms with Gasteiger partial charge in [-0.2, -0.15) is 0 Å². The van der Waals surface area contributed by atoms with Gasteiger partial charge in [0, 0.05) is 17.3 Å². The summed E-state index contributed by atoms with van der Waals surface area (Å²) in [6.07, 6.45) is 2.46. The third kappa shape index (κ3) is 3.00. The lowest BCUT2D eigenvalue weighted by atomic mass is 10.1. The van der Waals surface area contributed by atoms with Crippen LogP contribution < -0.4 is 4.74 Å². The number of aromatic nitrogens is 1. The minimum atomic E-state index is -0.0281. The van der Waals surface area contributed by atoms with Gasteiger partial charge in [0.25, 0.3) is 0 Å². The highest BCUT2D eigenvalue weighted by Crippen LogP contribution is 2.26. The summed E-state index contributed by atoms with van der Waals surface area (Å²) >= 11 is 6.04. The number of aliphatic hydroxyl groups excluding tert-OH is 1. The molecule has 0 unspecified atom stereocenters. The van der Waals surface area contributed by atoms with E-state index in [1.807, 2.05) is 19.1 Å². The molecular formula is C14H14ClNO2. The van der Waals surface area contributed by atoms with Crippen LogP contribution in [-0.2, 0) is 13.0 Å². The van der Waals surface area contributed by atoms with Crippen molar-refractivity contribution in [2.24, 2.45) is 0 Å². The van der Waals surface area contributed by atoms with Crippen LogP contribution in [0, 0.1) is 0 Å². The number of hydrogen-bond acceptors (Lipinski definition) is 3. The summed E-state index contributed by atoms with van der Waals surface area (Å²) in [4.78, 5) is 4.09. The van der Waals surface area contributed by atoms with Crippen LogP contribution in [0.3, 0.4) is 0 Å². The van der Waals surface area contributed by atoms with Crippen LogP contribution in [0.4, 0.5) is 0 Å². The van der Waals surface area contributed by atoms with Gasteiger partial charge in [-0.05, 0) is 41.8 Å². The number of aliphatic hydroxyl groups is 1. The van der Waals surface area contributed by atoms with E-state index in [1.165, 1.54) is 0 Å². The third-order valence-corrected chi connectivity index (χ3v) is 2.97. The maximum Gasteiger partial charge on any atom is 0.219 e. The minimum Gasteiger partial charge on any atom is -0.439 e. The number of aryl methyl sites for hydroxylation is 1. The summed E-state index contributed by atoms with van der Waals surface area (Å²) < 4.78 is 5.64. The minimum absolute atomic E-state index is 0.0281. The first-order valence-corrected chi connectivity index (χ1v) is 6.12. The zero-order valence-electron chi connectivity index (χ0n) is 10.1. The molecule has 0 bridgehead atoms. The molecule has 0 amide bonds. The van der Waals surface area contributed by atoms with Crippen LogP contribution in [-0.4, -0.2) is 10.1 Å². The molecule has 0 aliphatic carbocycles. The Kier molecular flexibility index (Phi) is 4.18. The monoisotopic (exact) mass is 263 g/mol. The summed E-state index contributed by atoms with van der Waals surface area (Å²) in [6.45, 7) is 2.01. The molecule has 1 aromatic carbocycles. The van der Waals surface area contributed by atoms with Gasteiger partial charge >= 0.3 is 0 Å². The molecule has 0 aliphatic rings. The van der Waals surface area contributed by atoms with E-state index in [1.54, 1.807) is 24.4 Å². The van der Waals surface area contributed by atoms with E-state index in [-0.39, 0.29) is 6.61 Å². The maximum absolute atomic E-state index is 9.05. The summed E-state index contributed by atoms with van der Waals surface area (Å²) in [5, 5.41) is 9.78. The highest BCUT2D eigenvalue weighted by molar-refractivity contribution is 6.31. The van der Waals surface area contributed by atoms with Gasteiger partial charge in [-0.3, -0.25) is 0 Å². The lowest BCUT2D eigenvalue weighted by Crippen LogP contribution is -1.92. The molecule has 4 heteroatoms. The Balaban J connectivity index is 2.22. The van der Waals surface area contributed by atoms with E-state index in [0.29, 0.717) is 11.6 Å². The van der Waals surface area contributed by atoms with Gasteiger partial charge in [0.2, 0.25) is 5.88 Å². The Hall–Kier alpha value is -1.58. The molecule has 2 aromatic rings. The smallest absolute Gasteiger partial charge is 0.219 e. The number of ether oxygens (including phenoxy) is 1. The molecule has 0 saturated carbocycles. The van der Waals surface area contributed by atoms with Gasteiger partial charge in [0.05, 0.1) is 6.61 Å². The number of rotatable bonds is 4. The molecule has 0 fully saturated rings. The number of halogens is 1. The highest BCUT2D eigenvalue weighted by atomic mass is 35.5. The Labute approximate surface area is 111 Å². The van der Waals surface area contributed by atoms with Crippen LogP contribution in [0.5, 0.6) is 11.6 Å². The van der Waals surface area contributed by atoms with E-state index in [9.17, 15) is 0 Å². The molecule has 0 spiro atoms. The quantitative estimate of drug-likeness (QED) is 0.917. The molecule has 0 saturated heterocycles. The first kappa shape index (κ1) is 12.9. The second-order valence-corrected chi connectivity index (χ2v) is 4.28. The lowest BCUT2D eigenvalue weighted by molar-refractivity contribution is 0.281. The summed E-state index contributed by atoms with van der Waals surface area (Å²) in [5.74, 6) is 1.16. The molecule has 94 valence electrons. The predicted molar refractivity (Wildman–Crippen MR) is 71.1 cm³/mol. The van der Waals surface area contributed by atoms with Crippen LogP contribution in [0.2, 0.25) is 5.02 Å². The van der Waals surface area contributed by atoms with Gasteiger partial charge in [0.1, 0.15) is 5.75 Å². The van der Waals surface area contributed by atoms with E-state index < -0.39 is 0 Å². The fourth-order valence-corrected chi connectivity index (χ4v) is 1.86. The van der Waals surface area contributed by atoms with Crippen molar-refractivity contribution in [1.29, 1.82) is 0 Å². The average molecular weight is 264 g/mol. The molecule has 0 aliphatic heterocycles. The van der Waals surface area contributed by atoms with Crippen LogP contribution in [0.1, 0.15) is 18.1 Å². The molecule has 1 aromatic heterocycles. The van der Waals surface area contributed by atoms with Crippen LogP contribution in [0.15, 0.2) is 36.5 Å². The second-order valence-electron chi connectivity index (χ2n) is 3.87. The zero-order valence-corrected chi connectivity index (χ0v) is 10.8. The van der Waals surface area contributed by atoms with Crippen molar-refractivity contribution in [2.45, 2.75) is 20.0 Å². The molecule has 0 radical (unpaired) electrons. The maximum atomic E-state index is 9.05. The van der Waals surface area contributed by atoms with Crippen molar-refractivity contribution in [3.05, 3.63) is 52.7 Å². The number of pyridine rings is 1. The summed E-state index contributed by atoms with van der Waals surface area (Å²) in [5.41, 5.74) is 1.80. The number of hydrogen-bond donors (Lipinski definition) is 1. The highest BCUT2D eigenvalue weighted by Gasteiger charge is 2.03. The lowest BCUT2D eigenvalue weighted by Gasteiger charge is -2.08. The first-order chi connectivity index (χ1) is 8.72. The predicted octanol–water partition coefficient (Wildman–Crippen LogP) is 3.58. The van der Waals surface area contributed by atoms with Gasteiger partial charge in [-0.1, -0.05) is 18.5 Å². The molecule has 2 rings (SSSR count). The van der Waals surface area contributed by atoms with Gasteiger partial charge in [-0.15, -0.1) is 0 Å². The molecular weight excluding hydrogens is 250 g/mol. The Morgan fingerprint density at radius 1 is 1.28 bits per heavy atom. The standard InChI is InChI=1S/C14H14ClNO2/c1-2-11-8-12(3-4-13(11)15)18-14-7-10(9-17)5-6-16-14/h3-8,17H,2,9H2,1H3. The Morgan fingerprint density at radius 3 is 2.83 bits per heavy atom. The topological polar surface area (TPSA) is 42.4 Å². The van der Waals surface area contributed by atoms with Crippen molar-refractivity contribution in [2.75, 3.05) is 0 Å². The first-order valence-electron chi connectivity index (χ1n) is 5.75. The van der Waals surface area contributed by atoms with E-state index in [4.69, 9.17) is 21.4 Å².